The fraction of sp³-hybridized carbons (Fsp3) is 0.400. The summed E-state index contributed by atoms with van der Waals surface area (Å²) in [6.07, 6.45) is 1.20. The van der Waals surface area contributed by atoms with Gasteiger partial charge in [0.05, 0.1) is 10.4 Å². The summed E-state index contributed by atoms with van der Waals surface area (Å²) < 4.78 is 11.7. The first-order valence-electron chi connectivity index (χ1n) is 3.77. The predicted octanol–water partition coefficient (Wildman–Crippen LogP) is -2.12. The molecule has 0 spiro atoms. The molecular formula is C5H16N2O2Si3. The summed E-state index contributed by atoms with van der Waals surface area (Å²) in [5.41, 5.74) is 0. The quantitative estimate of drug-likeness (QED) is 0.411. The maximum atomic E-state index is 10.8. The molecule has 7 heteroatoms. The van der Waals surface area contributed by atoms with Crippen LogP contribution in [-0.4, -0.2) is 34.7 Å². The van der Waals surface area contributed by atoms with Crippen LogP contribution in [0.3, 0.4) is 0 Å². The summed E-state index contributed by atoms with van der Waals surface area (Å²) in [6, 6.07) is 0. The molecule has 4 nitrogen and oxygen atoms in total. The molecule has 0 aromatic heterocycles. The monoisotopic (exact) mass is 220 g/mol. The van der Waals surface area contributed by atoms with Gasteiger partial charge in [-0.1, -0.05) is 6.58 Å². The molecule has 0 atom stereocenters. The second kappa shape index (κ2) is 5.43. The summed E-state index contributed by atoms with van der Waals surface area (Å²) in [7, 11) is -1.39. The first kappa shape index (κ1) is 11.8. The van der Waals surface area contributed by atoms with Crippen molar-refractivity contribution in [2.75, 3.05) is 0 Å². The molecule has 0 saturated heterocycles. The van der Waals surface area contributed by atoms with Crippen LogP contribution in [0.15, 0.2) is 12.7 Å². The third-order valence-electron chi connectivity index (χ3n) is 1.21. The van der Waals surface area contributed by atoms with Gasteiger partial charge in [-0.05, 0) is 13.1 Å². The van der Waals surface area contributed by atoms with Crippen molar-refractivity contribution in [1.82, 2.24) is 9.30 Å². The van der Waals surface area contributed by atoms with Gasteiger partial charge in [-0.2, -0.15) is 0 Å². The van der Waals surface area contributed by atoms with E-state index in [2.05, 4.69) is 15.9 Å². The Morgan fingerprint density at radius 2 is 2.33 bits per heavy atom. The van der Waals surface area contributed by atoms with Crippen molar-refractivity contribution in [2.45, 2.75) is 13.1 Å². The summed E-state index contributed by atoms with van der Waals surface area (Å²) in [4.78, 5) is 10.8. The lowest BCUT2D eigenvalue weighted by atomic mass is 10.7. The van der Waals surface area contributed by atoms with Gasteiger partial charge in [0, 0.05) is 6.08 Å². The Balaban J connectivity index is 3.85. The van der Waals surface area contributed by atoms with Gasteiger partial charge in [-0.15, -0.1) is 0 Å². The molecule has 0 aromatic carbocycles. The Morgan fingerprint density at radius 1 is 1.75 bits per heavy atom. The molecule has 12 heavy (non-hydrogen) atoms. The fourth-order valence-electron chi connectivity index (χ4n) is 0.630. The topological polar surface area (TPSA) is 50.4 Å². The molecule has 2 N–H and O–H groups in total. The highest BCUT2D eigenvalue weighted by Gasteiger charge is 2.24. The molecule has 0 radical (unpaired) electrons. The molecule has 0 bridgehead atoms. The highest BCUT2D eigenvalue weighted by atomic mass is 28.4. The van der Waals surface area contributed by atoms with Gasteiger partial charge in [-0.25, -0.2) is 4.79 Å². The minimum atomic E-state index is -1.96. The number of hydrogen-bond donors (Lipinski definition) is 2. The number of hydrogen-bond acceptors (Lipinski definition) is 4. The Hall–Kier alpha value is -0.219. The van der Waals surface area contributed by atoms with Crippen LogP contribution in [0.25, 0.3) is 0 Å². The summed E-state index contributed by atoms with van der Waals surface area (Å²) in [5, 5.41) is 0. The second-order valence-electron chi connectivity index (χ2n) is 2.84. The van der Waals surface area contributed by atoms with Gasteiger partial charge >= 0.3 is 14.4 Å². The van der Waals surface area contributed by atoms with Crippen molar-refractivity contribution in [3.8, 4) is 0 Å². The standard InChI is InChI=1S/C5H16N2O2Si3/c1-4-5(8)9-12(2,3)7-11-6-10/h4,6-7H,1,11H2,2-3,10H3. The van der Waals surface area contributed by atoms with Crippen LogP contribution >= 0.6 is 0 Å². The zero-order valence-electron chi connectivity index (χ0n) is 7.81. The Kier molecular flexibility index (Phi) is 5.33. The minimum Gasteiger partial charge on any atom is -0.503 e. The van der Waals surface area contributed by atoms with Crippen molar-refractivity contribution in [3.05, 3.63) is 12.7 Å². The van der Waals surface area contributed by atoms with E-state index >= 15 is 0 Å². The van der Waals surface area contributed by atoms with Crippen LogP contribution in [0, 0.1) is 0 Å². The molecule has 0 rings (SSSR count). The van der Waals surface area contributed by atoms with Crippen molar-refractivity contribution in [3.63, 3.8) is 0 Å². The highest BCUT2D eigenvalue weighted by molar-refractivity contribution is 6.76. The molecule has 0 unspecified atom stereocenters. The van der Waals surface area contributed by atoms with Crippen molar-refractivity contribution in [1.29, 1.82) is 0 Å². The van der Waals surface area contributed by atoms with Gasteiger partial charge in [0.1, 0.15) is 0 Å². The molecule has 0 saturated carbocycles. The molecular weight excluding hydrogens is 204 g/mol. The van der Waals surface area contributed by atoms with Crippen molar-refractivity contribution < 1.29 is 9.22 Å². The first-order chi connectivity index (χ1) is 5.52. The zero-order chi connectivity index (χ0) is 9.61. The van der Waals surface area contributed by atoms with Crippen LogP contribution in [0.2, 0.25) is 13.1 Å². The third kappa shape index (κ3) is 5.43. The van der Waals surface area contributed by atoms with E-state index in [0.717, 1.165) is 10.4 Å². The van der Waals surface area contributed by atoms with Gasteiger partial charge in [-0.3, -0.25) is 0 Å². The molecule has 0 fully saturated rings. The van der Waals surface area contributed by atoms with Crippen LogP contribution < -0.4 is 9.30 Å². The lowest BCUT2D eigenvalue weighted by Gasteiger charge is -2.22. The van der Waals surface area contributed by atoms with E-state index < -0.39 is 18.3 Å². The van der Waals surface area contributed by atoms with Crippen molar-refractivity contribution >= 4 is 34.7 Å². The molecule has 0 aliphatic heterocycles. The smallest absolute Gasteiger partial charge is 0.320 e. The number of carbonyl (C=O) groups excluding carboxylic acids is 1. The van der Waals surface area contributed by atoms with Crippen LogP contribution in [-0.2, 0) is 9.22 Å². The molecule has 0 heterocycles. The third-order valence-corrected chi connectivity index (χ3v) is 7.45. The van der Waals surface area contributed by atoms with E-state index in [0.29, 0.717) is 0 Å². The van der Waals surface area contributed by atoms with Gasteiger partial charge in [0.15, 0.2) is 9.84 Å². The summed E-state index contributed by atoms with van der Waals surface area (Å²) >= 11 is 0. The molecule has 0 aliphatic rings. The zero-order valence-corrected chi connectivity index (χ0v) is 12.2. The largest absolute Gasteiger partial charge is 0.503 e. The van der Waals surface area contributed by atoms with E-state index in [1.807, 2.05) is 13.1 Å². The van der Waals surface area contributed by atoms with E-state index in [4.69, 9.17) is 4.43 Å². The molecule has 0 aliphatic carbocycles. The van der Waals surface area contributed by atoms with Crippen LogP contribution in [0.5, 0.6) is 0 Å². The molecule has 0 aromatic rings. The minimum absolute atomic E-state index is 0.332. The average Bonchev–Trinajstić information content (AvgIpc) is 2.00. The normalized spacial score (nSPS) is 12.2. The van der Waals surface area contributed by atoms with Gasteiger partial charge in [0.2, 0.25) is 0 Å². The number of nitrogens with one attached hydrogen (secondary N) is 2. The average molecular weight is 220 g/mol. The lowest BCUT2D eigenvalue weighted by molar-refractivity contribution is -0.129. The Morgan fingerprint density at radius 3 is 2.75 bits per heavy atom. The molecule has 70 valence electrons. The van der Waals surface area contributed by atoms with Crippen LogP contribution in [0.4, 0.5) is 0 Å². The van der Waals surface area contributed by atoms with Gasteiger partial charge < -0.3 is 13.7 Å². The lowest BCUT2D eigenvalue weighted by Crippen LogP contribution is -2.53. The Labute approximate surface area is 79.5 Å². The van der Waals surface area contributed by atoms with E-state index in [9.17, 15) is 4.79 Å². The molecule has 0 amide bonds. The summed E-state index contributed by atoms with van der Waals surface area (Å²) in [6.45, 7) is 7.26. The van der Waals surface area contributed by atoms with Crippen LogP contribution in [0.1, 0.15) is 0 Å². The van der Waals surface area contributed by atoms with E-state index in [1.165, 1.54) is 6.08 Å². The SMILES string of the molecule is C=CC(=O)O[Si](C)(C)N[SiH2]N[SiH3]. The van der Waals surface area contributed by atoms with Gasteiger partial charge in [0.25, 0.3) is 0 Å². The van der Waals surface area contributed by atoms with E-state index in [-0.39, 0.29) is 5.97 Å². The number of carbonyl (C=O) groups is 1. The summed E-state index contributed by atoms with van der Waals surface area (Å²) in [5.74, 6) is -0.332. The van der Waals surface area contributed by atoms with Crippen molar-refractivity contribution in [2.24, 2.45) is 0 Å². The maximum absolute atomic E-state index is 10.8. The first-order valence-corrected chi connectivity index (χ1v) is 9.09. The maximum Gasteiger partial charge on any atom is 0.320 e. The van der Waals surface area contributed by atoms with E-state index in [1.54, 1.807) is 0 Å². The fourth-order valence-corrected chi connectivity index (χ4v) is 5.51. The highest BCUT2D eigenvalue weighted by Crippen LogP contribution is 1.98. The predicted molar refractivity (Wildman–Crippen MR) is 58.5 cm³/mol. The number of rotatable bonds is 5. The second-order valence-corrected chi connectivity index (χ2v) is 10.7. The Bertz CT molecular complexity index is 174.